The monoisotopic (exact) mass is 340 g/mol. The summed E-state index contributed by atoms with van der Waals surface area (Å²) in [4.78, 5) is 0. The molecule has 17 heavy (non-hydrogen) atoms. The van der Waals surface area contributed by atoms with Crippen molar-refractivity contribution < 1.29 is 4.74 Å². The van der Waals surface area contributed by atoms with E-state index < -0.39 is 0 Å². The molecule has 0 atom stereocenters. The van der Waals surface area contributed by atoms with Gasteiger partial charge in [0.05, 0.1) is 12.3 Å². The highest BCUT2D eigenvalue weighted by Crippen LogP contribution is 2.26. The van der Waals surface area contributed by atoms with Crippen molar-refractivity contribution in [1.29, 1.82) is 10.5 Å². The number of benzene rings is 1. The lowest BCUT2D eigenvalue weighted by molar-refractivity contribution is 0.341. The van der Waals surface area contributed by atoms with Crippen LogP contribution in [0.25, 0.3) is 0 Å². The molecular weight excluding hydrogens is 331 g/mol. The number of hydrogen-bond donors (Lipinski definition) is 1. The van der Waals surface area contributed by atoms with E-state index in [1.807, 2.05) is 25.1 Å². The highest BCUT2D eigenvalue weighted by Gasteiger charge is 2.04. The van der Waals surface area contributed by atoms with Gasteiger partial charge in [-0.15, -0.1) is 0 Å². The number of ether oxygens (including phenoxy) is 1. The fourth-order valence-corrected chi connectivity index (χ4v) is 1.55. The van der Waals surface area contributed by atoms with Crippen LogP contribution in [0.1, 0.15) is 6.92 Å². The SMILES string of the molecule is CCOc1ccc(I)cc1NN=C(C#N)C#N. The van der Waals surface area contributed by atoms with E-state index in [2.05, 4.69) is 33.1 Å². The predicted molar refractivity (Wildman–Crippen MR) is 72.6 cm³/mol. The van der Waals surface area contributed by atoms with E-state index in [1.54, 1.807) is 12.1 Å². The molecule has 0 unspecified atom stereocenters. The molecule has 0 heterocycles. The largest absolute Gasteiger partial charge is 0.492 e. The summed E-state index contributed by atoms with van der Waals surface area (Å²) in [6, 6.07) is 8.87. The van der Waals surface area contributed by atoms with Crippen LogP contribution in [0.5, 0.6) is 5.75 Å². The highest BCUT2D eigenvalue weighted by atomic mass is 127. The lowest BCUT2D eigenvalue weighted by Crippen LogP contribution is -2.00. The summed E-state index contributed by atoms with van der Waals surface area (Å²) in [5.41, 5.74) is 3.05. The number of hydrazone groups is 1. The summed E-state index contributed by atoms with van der Waals surface area (Å²) < 4.78 is 6.39. The van der Waals surface area contributed by atoms with Gasteiger partial charge in [-0.1, -0.05) is 0 Å². The fourth-order valence-electron chi connectivity index (χ4n) is 1.06. The summed E-state index contributed by atoms with van der Waals surface area (Å²) in [6.07, 6.45) is 0. The van der Waals surface area contributed by atoms with Crippen molar-refractivity contribution in [3.8, 4) is 17.9 Å². The second-order valence-electron chi connectivity index (χ2n) is 2.87. The standard InChI is InChI=1S/C11H9IN4O/c1-2-17-11-4-3-8(12)5-10(11)16-15-9(6-13)7-14/h3-5,16H,2H2,1H3. The smallest absolute Gasteiger partial charge is 0.237 e. The molecule has 0 aromatic heterocycles. The molecule has 0 saturated heterocycles. The number of hydrogen-bond acceptors (Lipinski definition) is 5. The van der Waals surface area contributed by atoms with Gasteiger partial charge in [0, 0.05) is 3.57 Å². The summed E-state index contributed by atoms with van der Waals surface area (Å²) in [5.74, 6) is 0.631. The third-order valence-corrected chi connectivity index (χ3v) is 2.41. The molecule has 0 aliphatic rings. The quantitative estimate of drug-likeness (QED) is 0.519. The number of halogens is 1. The van der Waals surface area contributed by atoms with E-state index in [0.29, 0.717) is 18.0 Å². The van der Waals surface area contributed by atoms with Crippen LogP contribution in [0.4, 0.5) is 5.69 Å². The van der Waals surface area contributed by atoms with Gasteiger partial charge in [0.15, 0.2) is 0 Å². The third kappa shape index (κ3) is 3.93. The van der Waals surface area contributed by atoms with Crippen LogP contribution in [-0.4, -0.2) is 12.3 Å². The van der Waals surface area contributed by atoms with Crippen molar-refractivity contribution in [3.05, 3.63) is 21.8 Å². The van der Waals surface area contributed by atoms with Crippen molar-refractivity contribution in [3.63, 3.8) is 0 Å². The van der Waals surface area contributed by atoms with Crippen LogP contribution in [-0.2, 0) is 0 Å². The summed E-state index contributed by atoms with van der Waals surface area (Å²) in [6.45, 7) is 2.41. The molecule has 0 saturated carbocycles. The van der Waals surface area contributed by atoms with E-state index in [0.717, 1.165) is 3.57 Å². The molecule has 1 aromatic carbocycles. The van der Waals surface area contributed by atoms with Gasteiger partial charge in [0.25, 0.3) is 0 Å². The number of nitriles is 2. The first-order valence-electron chi connectivity index (χ1n) is 4.77. The van der Waals surface area contributed by atoms with Gasteiger partial charge in [-0.05, 0) is 47.7 Å². The van der Waals surface area contributed by atoms with Crippen LogP contribution >= 0.6 is 22.6 Å². The summed E-state index contributed by atoms with van der Waals surface area (Å²) in [5, 5.41) is 20.8. The van der Waals surface area contributed by atoms with Crippen molar-refractivity contribution >= 4 is 34.0 Å². The maximum atomic E-state index is 8.56. The van der Waals surface area contributed by atoms with Crippen LogP contribution in [0.2, 0.25) is 0 Å². The van der Waals surface area contributed by atoms with E-state index >= 15 is 0 Å². The minimum absolute atomic E-state index is 0.230. The van der Waals surface area contributed by atoms with Crippen molar-refractivity contribution in [2.24, 2.45) is 5.10 Å². The van der Waals surface area contributed by atoms with Gasteiger partial charge in [0.1, 0.15) is 17.9 Å². The predicted octanol–water partition coefficient (Wildman–Crippen LogP) is 2.50. The van der Waals surface area contributed by atoms with Gasteiger partial charge < -0.3 is 4.74 Å². The molecule has 0 amide bonds. The zero-order valence-electron chi connectivity index (χ0n) is 9.07. The Morgan fingerprint density at radius 1 is 1.47 bits per heavy atom. The number of nitrogens with one attached hydrogen (secondary N) is 1. The lowest BCUT2D eigenvalue weighted by atomic mass is 10.3. The Bertz CT molecular complexity index is 497. The van der Waals surface area contributed by atoms with E-state index in [1.165, 1.54) is 0 Å². The molecule has 0 bridgehead atoms. The molecule has 6 heteroatoms. The first kappa shape index (κ1) is 13.3. The summed E-state index contributed by atoms with van der Waals surface area (Å²) >= 11 is 2.15. The van der Waals surface area contributed by atoms with Gasteiger partial charge in [-0.25, -0.2) is 0 Å². The van der Waals surface area contributed by atoms with Crippen LogP contribution < -0.4 is 10.2 Å². The zero-order valence-corrected chi connectivity index (χ0v) is 11.2. The first-order valence-corrected chi connectivity index (χ1v) is 5.85. The van der Waals surface area contributed by atoms with Crippen molar-refractivity contribution in [2.45, 2.75) is 6.92 Å². The van der Waals surface area contributed by atoms with Crippen LogP contribution in [0, 0.1) is 26.2 Å². The Balaban J connectivity index is 2.97. The second kappa shape index (κ2) is 6.71. The molecule has 1 rings (SSSR count). The minimum Gasteiger partial charge on any atom is -0.492 e. The zero-order chi connectivity index (χ0) is 12.7. The van der Waals surface area contributed by atoms with Gasteiger partial charge >= 0.3 is 0 Å². The minimum atomic E-state index is -0.230. The van der Waals surface area contributed by atoms with Gasteiger partial charge in [-0.3, -0.25) is 5.43 Å². The highest BCUT2D eigenvalue weighted by molar-refractivity contribution is 14.1. The molecule has 0 fully saturated rings. The molecule has 1 aromatic rings. The summed E-state index contributed by atoms with van der Waals surface area (Å²) in [7, 11) is 0. The fraction of sp³-hybridized carbons (Fsp3) is 0.182. The van der Waals surface area contributed by atoms with Crippen molar-refractivity contribution in [1.82, 2.24) is 0 Å². The molecule has 1 N–H and O–H groups in total. The Labute approximate surface area is 113 Å². The second-order valence-corrected chi connectivity index (χ2v) is 4.11. The van der Waals surface area contributed by atoms with E-state index in [-0.39, 0.29) is 5.71 Å². The third-order valence-electron chi connectivity index (χ3n) is 1.74. The Morgan fingerprint density at radius 3 is 2.76 bits per heavy atom. The molecule has 0 spiro atoms. The Morgan fingerprint density at radius 2 is 2.18 bits per heavy atom. The van der Waals surface area contributed by atoms with Gasteiger partial charge in [0.2, 0.25) is 5.71 Å². The Hall–Kier alpha value is -1.80. The van der Waals surface area contributed by atoms with Crippen molar-refractivity contribution in [2.75, 3.05) is 12.0 Å². The molecular formula is C11H9IN4O. The number of anilines is 1. The Kier molecular flexibility index (Phi) is 5.24. The van der Waals surface area contributed by atoms with E-state index in [4.69, 9.17) is 15.3 Å². The van der Waals surface area contributed by atoms with Crippen LogP contribution in [0.3, 0.4) is 0 Å². The topological polar surface area (TPSA) is 81.2 Å². The molecule has 0 radical (unpaired) electrons. The first-order chi connectivity index (χ1) is 8.21. The maximum absolute atomic E-state index is 8.56. The molecule has 0 aliphatic heterocycles. The maximum Gasteiger partial charge on any atom is 0.237 e. The number of rotatable bonds is 4. The molecule has 0 aliphatic carbocycles. The van der Waals surface area contributed by atoms with Crippen LogP contribution in [0.15, 0.2) is 23.3 Å². The lowest BCUT2D eigenvalue weighted by Gasteiger charge is -2.09. The normalized spacial score (nSPS) is 8.71. The van der Waals surface area contributed by atoms with Gasteiger partial charge in [-0.2, -0.15) is 15.6 Å². The molecule has 86 valence electrons. The molecule has 5 nitrogen and oxygen atoms in total. The average Bonchev–Trinajstić information content (AvgIpc) is 2.34. The number of nitrogens with zero attached hydrogens (tertiary/aromatic N) is 3. The van der Waals surface area contributed by atoms with E-state index in [9.17, 15) is 0 Å². The average molecular weight is 340 g/mol.